The fraction of sp³-hybridized carbons (Fsp3) is 0.733. The molecule has 0 aromatic heterocycles. The highest BCUT2D eigenvalue weighted by atomic mass is 31.2. The molecule has 0 aliphatic heterocycles. The van der Waals surface area contributed by atoms with Crippen LogP contribution in [0.3, 0.4) is 0 Å². The van der Waals surface area contributed by atoms with Crippen LogP contribution in [0.25, 0.3) is 0 Å². The van der Waals surface area contributed by atoms with Gasteiger partial charge >= 0.3 is 11.9 Å². The highest BCUT2D eigenvalue weighted by Gasteiger charge is 2.21. The number of ether oxygens (including phenoxy) is 2. The van der Waals surface area contributed by atoms with Crippen molar-refractivity contribution >= 4 is 19.8 Å². The monoisotopic (exact) mass is 1000 g/mol. The van der Waals surface area contributed by atoms with Crippen molar-refractivity contribution in [3.05, 3.63) is 85.1 Å². The number of rotatable bonds is 51. The number of carbonyl (C=O) groups excluding carboxylic acids is 2. The van der Waals surface area contributed by atoms with Gasteiger partial charge in [0.25, 0.3) is 7.82 Å². The van der Waals surface area contributed by atoms with Crippen LogP contribution in [0.5, 0.6) is 0 Å². The zero-order valence-corrected chi connectivity index (χ0v) is 46.6. The highest BCUT2D eigenvalue weighted by Crippen LogP contribution is 2.38. The minimum absolute atomic E-state index is 0.0316. The summed E-state index contributed by atoms with van der Waals surface area (Å²) in [6.07, 6.45) is 68.0. The molecule has 404 valence electrons. The van der Waals surface area contributed by atoms with Crippen LogP contribution >= 0.6 is 7.82 Å². The predicted octanol–water partition coefficient (Wildman–Crippen LogP) is 16.8. The average molecular weight is 1000 g/mol. The molecule has 0 aliphatic rings. The molecular formula is C60H106NO8P. The van der Waals surface area contributed by atoms with Crippen LogP contribution in [0.2, 0.25) is 0 Å². The van der Waals surface area contributed by atoms with Crippen molar-refractivity contribution < 1.29 is 42.1 Å². The number of allylic oxidation sites excluding steroid dienone is 14. The normalized spacial score (nSPS) is 14.0. The first-order valence-corrected chi connectivity index (χ1v) is 29.8. The number of likely N-dealkylation sites (N-methyl/N-ethyl adjacent to an activating group) is 1. The third-order valence-corrected chi connectivity index (χ3v) is 12.9. The summed E-state index contributed by atoms with van der Waals surface area (Å²) in [5, 5.41) is 0. The van der Waals surface area contributed by atoms with E-state index in [9.17, 15) is 19.0 Å². The lowest BCUT2D eigenvalue weighted by Crippen LogP contribution is -2.37. The van der Waals surface area contributed by atoms with E-state index in [1.54, 1.807) is 0 Å². The van der Waals surface area contributed by atoms with E-state index in [2.05, 4.69) is 98.9 Å². The summed E-state index contributed by atoms with van der Waals surface area (Å²) in [5.41, 5.74) is 0. The molecule has 0 N–H and O–H groups in total. The maximum atomic E-state index is 12.7. The van der Waals surface area contributed by atoms with Crippen molar-refractivity contribution in [2.24, 2.45) is 0 Å². The molecule has 0 aromatic carbocycles. The Morgan fingerprint density at radius 2 is 0.814 bits per heavy atom. The molecule has 0 aromatic rings. The van der Waals surface area contributed by atoms with Gasteiger partial charge in [-0.25, -0.2) is 0 Å². The van der Waals surface area contributed by atoms with Crippen LogP contribution in [0.4, 0.5) is 0 Å². The van der Waals surface area contributed by atoms with E-state index in [0.717, 1.165) is 83.5 Å². The van der Waals surface area contributed by atoms with E-state index in [4.69, 9.17) is 18.5 Å². The third-order valence-electron chi connectivity index (χ3n) is 11.9. The summed E-state index contributed by atoms with van der Waals surface area (Å²) in [4.78, 5) is 37.6. The number of hydrogen-bond acceptors (Lipinski definition) is 8. The van der Waals surface area contributed by atoms with E-state index in [0.29, 0.717) is 17.4 Å². The third kappa shape index (κ3) is 54.5. The fourth-order valence-corrected chi connectivity index (χ4v) is 8.31. The Morgan fingerprint density at radius 3 is 1.21 bits per heavy atom. The summed E-state index contributed by atoms with van der Waals surface area (Å²) in [5.74, 6) is -0.835. The van der Waals surface area contributed by atoms with Gasteiger partial charge in [-0.3, -0.25) is 14.2 Å². The zero-order valence-electron chi connectivity index (χ0n) is 45.7. The molecule has 0 saturated carbocycles. The van der Waals surface area contributed by atoms with Crippen LogP contribution in [0, 0.1) is 0 Å². The van der Waals surface area contributed by atoms with Gasteiger partial charge in [0.1, 0.15) is 19.8 Å². The van der Waals surface area contributed by atoms with Crippen molar-refractivity contribution in [1.82, 2.24) is 0 Å². The van der Waals surface area contributed by atoms with Crippen molar-refractivity contribution in [1.29, 1.82) is 0 Å². The summed E-state index contributed by atoms with van der Waals surface area (Å²) >= 11 is 0. The van der Waals surface area contributed by atoms with Gasteiger partial charge in [-0.15, -0.1) is 0 Å². The fourth-order valence-electron chi connectivity index (χ4n) is 7.58. The lowest BCUT2D eigenvalue weighted by molar-refractivity contribution is -0.870. The molecule has 0 fully saturated rings. The molecule has 0 saturated heterocycles. The Morgan fingerprint density at radius 1 is 0.457 bits per heavy atom. The minimum atomic E-state index is -4.63. The van der Waals surface area contributed by atoms with E-state index >= 15 is 0 Å². The number of unbranched alkanes of at least 4 members (excludes halogenated alkanes) is 23. The number of quaternary nitrogens is 1. The Kier molecular flexibility index (Phi) is 49.1. The first-order chi connectivity index (χ1) is 34.0. The van der Waals surface area contributed by atoms with E-state index in [1.807, 2.05) is 21.1 Å². The van der Waals surface area contributed by atoms with Crippen molar-refractivity contribution in [2.45, 2.75) is 238 Å². The smallest absolute Gasteiger partial charge is 0.306 e. The zero-order chi connectivity index (χ0) is 51.3. The summed E-state index contributed by atoms with van der Waals surface area (Å²) < 4.78 is 34.0. The van der Waals surface area contributed by atoms with Gasteiger partial charge in [-0.2, -0.15) is 0 Å². The summed E-state index contributed by atoms with van der Waals surface area (Å²) in [6.45, 7) is 4.10. The topological polar surface area (TPSA) is 111 Å². The predicted molar refractivity (Wildman–Crippen MR) is 296 cm³/mol. The molecule has 0 spiro atoms. The lowest BCUT2D eigenvalue weighted by atomic mass is 10.0. The van der Waals surface area contributed by atoms with Crippen LogP contribution in [-0.2, 0) is 32.7 Å². The molecule has 2 atom stereocenters. The Bertz CT molecular complexity index is 1460. The molecule has 0 radical (unpaired) electrons. The molecule has 10 heteroatoms. The number of nitrogens with zero attached hydrogens (tertiary/aromatic N) is 1. The number of carbonyl (C=O) groups is 2. The van der Waals surface area contributed by atoms with E-state index in [-0.39, 0.29) is 32.0 Å². The summed E-state index contributed by atoms with van der Waals surface area (Å²) in [7, 11) is 1.17. The lowest BCUT2D eigenvalue weighted by Gasteiger charge is -2.28. The van der Waals surface area contributed by atoms with Gasteiger partial charge in [0.05, 0.1) is 27.7 Å². The second kappa shape index (κ2) is 51.1. The minimum Gasteiger partial charge on any atom is -0.756 e. The molecule has 0 rings (SSSR count). The maximum Gasteiger partial charge on any atom is 0.306 e. The first kappa shape index (κ1) is 67.2. The van der Waals surface area contributed by atoms with Crippen molar-refractivity contribution in [3.8, 4) is 0 Å². The molecule has 0 bridgehead atoms. The first-order valence-electron chi connectivity index (χ1n) is 28.3. The number of hydrogen-bond donors (Lipinski definition) is 0. The van der Waals surface area contributed by atoms with Crippen LogP contribution in [-0.4, -0.2) is 70.0 Å². The molecule has 0 aliphatic carbocycles. The van der Waals surface area contributed by atoms with Crippen LogP contribution < -0.4 is 4.89 Å². The van der Waals surface area contributed by atoms with Crippen LogP contribution in [0.1, 0.15) is 232 Å². The van der Waals surface area contributed by atoms with Gasteiger partial charge in [0, 0.05) is 12.8 Å². The standard InChI is InChI=1S/C60H106NO8P/c1-6-8-10-12-14-16-17-18-19-20-21-22-23-24-25-26-27-28-29-30-31-32-33-34-35-36-37-38-39-40-41-42-43-45-47-49-51-53-60(63)69-58(57-68-70(64,65)67-55-54-61(3,4)5)56-66-59(62)52-50-48-46-44-15-13-11-9-7-2/h8,10,14,16,18-19,21-22,24-25,27-28,30-31,58H,6-7,9,11-13,15,17,20,23,26,29,32-57H2,1-5H3/b10-8-,16-14-,19-18-,22-21-,25-24-,28-27-,31-30-. The second-order valence-electron chi connectivity index (χ2n) is 19.9. The Labute approximate surface area is 431 Å². The quantitative estimate of drug-likeness (QED) is 0.0195. The van der Waals surface area contributed by atoms with Crippen molar-refractivity contribution in [2.75, 3.05) is 47.5 Å². The Hall–Kier alpha value is -2.81. The molecule has 9 nitrogen and oxygen atoms in total. The summed E-state index contributed by atoms with van der Waals surface area (Å²) in [6, 6.07) is 0. The second-order valence-corrected chi connectivity index (χ2v) is 21.3. The number of phosphoric acid groups is 1. The maximum absolute atomic E-state index is 12.7. The van der Waals surface area contributed by atoms with Gasteiger partial charge in [-0.1, -0.05) is 234 Å². The van der Waals surface area contributed by atoms with Gasteiger partial charge < -0.3 is 27.9 Å². The van der Waals surface area contributed by atoms with Gasteiger partial charge in [0.2, 0.25) is 0 Å². The number of esters is 2. The Balaban J connectivity index is 3.96. The van der Waals surface area contributed by atoms with Crippen molar-refractivity contribution in [3.63, 3.8) is 0 Å². The molecule has 70 heavy (non-hydrogen) atoms. The van der Waals surface area contributed by atoms with Gasteiger partial charge in [-0.05, 0) is 70.6 Å². The average Bonchev–Trinajstić information content (AvgIpc) is 3.32. The molecule has 0 heterocycles. The number of phosphoric ester groups is 1. The SMILES string of the molecule is CC/C=C\C/C=C\C/C=C\C/C=C\C/C=C\C/C=C\C/C=C\CCCCCCCCCCCCCCCCCC(=O)OC(COC(=O)CCCCCCCCCCC)COP(=O)([O-])OCC[N+](C)(C)C. The molecule has 0 amide bonds. The molecule has 2 unspecified atom stereocenters. The van der Waals surface area contributed by atoms with E-state index < -0.39 is 26.5 Å². The van der Waals surface area contributed by atoms with E-state index in [1.165, 1.54) is 116 Å². The molecular weight excluding hydrogens is 894 g/mol. The van der Waals surface area contributed by atoms with Crippen LogP contribution in [0.15, 0.2) is 85.1 Å². The largest absolute Gasteiger partial charge is 0.756 e. The highest BCUT2D eigenvalue weighted by molar-refractivity contribution is 7.45. The van der Waals surface area contributed by atoms with Gasteiger partial charge in [0.15, 0.2) is 6.10 Å².